The molecule has 0 aliphatic heterocycles. The van der Waals surface area contributed by atoms with E-state index in [0.717, 1.165) is 27.2 Å². The largest absolute Gasteiger partial charge is 0.340 e. The molecule has 1 atom stereocenters. The van der Waals surface area contributed by atoms with Gasteiger partial charge in [-0.15, -0.1) is 0 Å². The Morgan fingerprint density at radius 3 is 2.50 bits per heavy atom. The summed E-state index contributed by atoms with van der Waals surface area (Å²) in [5.74, 6) is 0.734. The van der Waals surface area contributed by atoms with Gasteiger partial charge in [-0.3, -0.25) is 0 Å². The van der Waals surface area contributed by atoms with Crippen LogP contribution in [0.5, 0.6) is 0 Å². The van der Waals surface area contributed by atoms with Crippen molar-refractivity contribution in [2.45, 2.75) is 4.90 Å². The SMILES string of the molecule is O=S(O)c1ccc(Nc2cc(-c3ccccc3)nc3c(Br)cnn23)cc1. The van der Waals surface area contributed by atoms with Gasteiger partial charge >= 0.3 is 0 Å². The molecule has 0 amide bonds. The van der Waals surface area contributed by atoms with Gasteiger partial charge in [0.05, 0.1) is 21.3 Å². The molecule has 8 heteroatoms. The highest BCUT2D eigenvalue weighted by Crippen LogP contribution is 2.27. The number of nitrogens with zero attached hydrogens (tertiary/aromatic N) is 3. The second-order valence-corrected chi connectivity index (χ2v) is 7.34. The molecule has 0 fully saturated rings. The highest BCUT2D eigenvalue weighted by atomic mass is 79.9. The number of nitrogens with one attached hydrogen (secondary N) is 1. The van der Waals surface area contributed by atoms with E-state index in [9.17, 15) is 4.21 Å². The molecule has 4 aromatic rings. The number of hydrogen-bond acceptors (Lipinski definition) is 4. The summed E-state index contributed by atoms with van der Waals surface area (Å²) < 4.78 is 22.7. The molecule has 4 rings (SSSR count). The third kappa shape index (κ3) is 3.26. The molecule has 2 aromatic carbocycles. The van der Waals surface area contributed by atoms with E-state index in [1.54, 1.807) is 35.0 Å². The van der Waals surface area contributed by atoms with Crippen molar-refractivity contribution in [3.05, 3.63) is 71.3 Å². The van der Waals surface area contributed by atoms with Crippen LogP contribution in [0.1, 0.15) is 0 Å². The van der Waals surface area contributed by atoms with Crippen LogP contribution in [0.15, 0.2) is 76.2 Å². The van der Waals surface area contributed by atoms with E-state index in [4.69, 9.17) is 4.55 Å². The summed E-state index contributed by atoms with van der Waals surface area (Å²) in [4.78, 5) is 5.03. The van der Waals surface area contributed by atoms with Crippen molar-refractivity contribution in [1.82, 2.24) is 14.6 Å². The molecule has 0 aliphatic carbocycles. The lowest BCUT2D eigenvalue weighted by atomic mass is 10.1. The van der Waals surface area contributed by atoms with Crippen molar-refractivity contribution in [2.24, 2.45) is 0 Å². The Kier molecular flexibility index (Phi) is 4.54. The smallest absolute Gasteiger partial charge is 0.186 e. The van der Waals surface area contributed by atoms with Crippen LogP contribution >= 0.6 is 15.9 Å². The first-order chi connectivity index (χ1) is 12.6. The van der Waals surface area contributed by atoms with E-state index < -0.39 is 11.1 Å². The topological polar surface area (TPSA) is 79.5 Å². The van der Waals surface area contributed by atoms with Crippen molar-refractivity contribution in [1.29, 1.82) is 0 Å². The summed E-state index contributed by atoms with van der Waals surface area (Å²) in [6.45, 7) is 0. The molecule has 0 saturated carbocycles. The molecule has 0 radical (unpaired) electrons. The molecule has 1 unspecified atom stereocenters. The van der Waals surface area contributed by atoms with Gasteiger partial charge in [-0.2, -0.15) is 9.61 Å². The van der Waals surface area contributed by atoms with Gasteiger partial charge in [0.2, 0.25) is 0 Å². The second kappa shape index (κ2) is 6.99. The van der Waals surface area contributed by atoms with Gasteiger partial charge in [-0.1, -0.05) is 30.3 Å². The summed E-state index contributed by atoms with van der Waals surface area (Å²) in [7, 11) is 0. The Hall–Kier alpha value is -2.55. The van der Waals surface area contributed by atoms with Gasteiger partial charge in [0, 0.05) is 17.3 Å². The lowest BCUT2D eigenvalue weighted by Crippen LogP contribution is -2.02. The Morgan fingerprint density at radius 1 is 1.08 bits per heavy atom. The summed E-state index contributed by atoms with van der Waals surface area (Å²) in [6.07, 6.45) is 1.69. The molecule has 26 heavy (non-hydrogen) atoms. The average Bonchev–Trinajstić information content (AvgIpc) is 3.04. The molecule has 0 saturated heterocycles. The fourth-order valence-electron chi connectivity index (χ4n) is 2.58. The van der Waals surface area contributed by atoms with Gasteiger partial charge in [0.25, 0.3) is 0 Å². The minimum absolute atomic E-state index is 0.349. The standard InChI is InChI=1S/C18H13BrN4O2S/c19-15-11-20-23-17(21-13-6-8-14(9-7-13)26(24)25)10-16(22-18(15)23)12-4-2-1-3-5-12/h1-11,21H,(H,24,25). The number of anilines is 2. The maximum Gasteiger partial charge on any atom is 0.186 e. The van der Waals surface area contributed by atoms with Crippen LogP contribution in [0.4, 0.5) is 11.5 Å². The predicted octanol–water partition coefficient (Wildman–Crippen LogP) is 4.48. The van der Waals surface area contributed by atoms with Crippen molar-refractivity contribution in [3.63, 3.8) is 0 Å². The normalized spacial score (nSPS) is 12.2. The van der Waals surface area contributed by atoms with Gasteiger partial charge in [0.15, 0.2) is 16.7 Å². The summed E-state index contributed by atoms with van der Waals surface area (Å²) >= 11 is 1.49. The van der Waals surface area contributed by atoms with Crippen LogP contribution in [0.3, 0.4) is 0 Å². The Bertz CT molecular complexity index is 1100. The van der Waals surface area contributed by atoms with Crippen LogP contribution in [0.2, 0.25) is 0 Å². The number of benzene rings is 2. The third-order valence-electron chi connectivity index (χ3n) is 3.83. The van der Waals surface area contributed by atoms with Crippen LogP contribution in [0.25, 0.3) is 16.9 Å². The molecule has 0 bridgehead atoms. The zero-order valence-corrected chi connectivity index (χ0v) is 15.7. The van der Waals surface area contributed by atoms with E-state index in [0.29, 0.717) is 10.5 Å². The number of aromatic nitrogens is 3. The molecule has 0 spiro atoms. The molecular formula is C18H13BrN4O2S. The Balaban J connectivity index is 1.79. The first-order valence-electron chi connectivity index (χ1n) is 7.69. The lowest BCUT2D eigenvalue weighted by Gasteiger charge is -2.11. The fraction of sp³-hybridized carbons (Fsp3) is 0. The average molecular weight is 429 g/mol. The number of rotatable bonds is 4. The summed E-state index contributed by atoms with van der Waals surface area (Å²) in [6, 6.07) is 18.5. The van der Waals surface area contributed by atoms with Gasteiger partial charge in [-0.05, 0) is 40.2 Å². The summed E-state index contributed by atoms with van der Waals surface area (Å²) in [5, 5.41) is 7.65. The Morgan fingerprint density at radius 2 is 1.81 bits per heavy atom. The molecular weight excluding hydrogens is 416 g/mol. The van der Waals surface area contributed by atoms with E-state index >= 15 is 0 Å². The minimum atomic E-state index is -1.99. The first kappa shape index (κ1) is 16.9. The monoisotopic (exact) mass is 428 g/mol. The zero-order valence-electron chi connectivity index (χ0n) is 13.3. The maximum atomic E-state index is 11.1. The van der Waals surface area contributed by atoms with Crippen LogP contribution in [0, 0.1) is 0 Å². The van der Waals surface area contributed by atoms with Crippen molar-refractivity contribution < 1.29 is 8.76 Å². The van der Waals surface area contributed by atoms with Crippen molar-refractivity contribution in [3.8, 4) is 11.3 Å². The maximum absolute atomic E-state index is 11.1. The van der Waals surface area contributed by atoms with Crippen LogP contribution in [-0.2, 0) is 11.1 Å². The van der Waals surface area contributed by atoms with Gasteiger partial charge < -0.3 is 9.87 Å². The predicted molar refractivity (Wildman–Crippen MR) is 105 cm³/mol. The molecule has 2 aromatic heterocycles. The van der Waals surface area contributed by atoms with E-state index in [-0.39, 0.29) is 0 Å². The second-order valence-electron chi connectivity index (χ2n) is 5.52. The quantitative estimate of drug-likeness (QED) is 0.468. The molecule has 2 N–H and O–H groups in total. The van der Waals surface area contributed by atoms with Gasteiger partial charge in [0.1, 0.15) is 5.82 Å². The molecule has 2 heterocycles. The highest BCUT2D eigenvalue weighted by molar-refractivity contribution is 9.10. The summed E-state index contributed by atoms with van der Waals surface area (Å²) in [5.41, 5.74) is 3.28. The van der Waals surface area contributed by atoms with Crippen LogP contribution < -0.4 is 5.32 Å². The fourth-order valence-corrected chi connectivity index (χ4v) is 3.30. The Labute approximate surface area is 160 Å². The molecule has 130 valence electrons. The van der Waals surface area contributed by atoms with Crippen LogP contribution in [-0.4, -0.2) is 23.4 Å². The molecule has 6 nitrogen and oxygen atoms in total. The van der Waals surface area contributed by atoms with Crippen molar-refractivity contribution in [2.75, 3.05) is 5.32 Å². The van der Waals surface area contributed by atoms with E-state index in [1.807, 2.05) is 36.4 Å². The van der Waals surface area contributed by atoms with E-state index in [2.05, 4.69) is 31.3 Å². The van der Waals surface area contributed by atoms with Crippen molar-refractivity contribution >= 4 is 44.2 Å². The minimum Gasteiger partial charge on any atom is -0.340 e. The number of hydrogen-bond donors (Lipinski definition) is 2. The number of fused-ring (bicyclic) bond motifs is 1. The number of halogens is 1. The lowest BCUT2D eigenvalue weighted by molar-refractivity contribution is 0.564. The molecule has 0 aliphatic rings. The van der Waals surface area contributed by atoms with Gasteiger partial charge in [-0.25, -0.2) is 9.19 Å². The highest BCUT2D eigenvalue weighted by Gasteiger charge is 2.12. The first-order valence-corrected chi connectivity index (χ1v) is 9.59. The third-order valence-corrected chi connectivity index (χ3v) is 5.06. The zero-order chi connectivity index (χ0) is 18.1. The van der Waals surface area contributed by atoms with E-state index in [1.165, 1.54) is 0 Å².